The number of hydrogen-bond donors (Lipinski definition) is 1. The van der Waals surface area contributed by atoms with E-state index in [0.29, 0.717) is 18.5 Å². The summed E-state index contributed by atoms with van der Waals surface area (Å²) in [7, 11) is 1.47. The van der Waals surface area contributed by atoms with Crippen LogP contribution in [0.15, 0.2) is 23.1 Å². The highest BCUT2D eigenvalue weighted by molar-refractivity contribution is 5.95. The molecule has 3 fully saturated rings. The summed E-state index contributed by atoms with van der Waals surface area (Å²) >= 11 is 0. The molecule has 1 N–H and O–H groups in total. The number of rotatable bonds is 3. The first-order chi connectivity index (χ1) is 17.7. The Hall–Kier alpha value is -2.09. The highest BCUT2D eigenvalue weighted by Gasteiger charge is 2.68. The van der Waals surface area contributed by atoms with E-state index >= 15 is 0 Å². The molecular formula is C33H47NO4. The van der Waals surface area contributed by atoms with Gasteiger partial charge in [0.2, 0.25) is 5.70 Å². The zero-order chi connectivity index (χ0) is 27.9. The number of aliphatic hydroxyl groups is 1. The highest BCUT2D eigenvalue weighted by atomic mass is 16.5. The normalized spacial score (nSPS) is 45.5. The molecule has 5 rings (SSSR count). The summed E-state index contributed by atoms with van der Waals surface area (Å²) in [5.74, 6) is 0.753. The Morgan fingerprint density at radius 2 is 1.79 bits per heavy atom. The summed E-state index contributed by atoms with van der Waals surface area (Å²) in [5, 5.41) is 10.8. The standard InChI is InChI=1S/C33H47NO4/c1-20-21-9-11-31(5)25(30(21,4)19-23(34-7)28(20)37)17-24(35)27-22-18-29(2,3)13-15-33(22,12-10-26(36)38-8)16-14-32(27,31)6/h17,20-22,27,37H,9-16,18-19H2,1-6,8H3/t20-,21-,22-,27-,30-,31+,32+,33+/m0/s1. The average molecular weight is 522 g/mol. The van der Waals surface area contributed by atoms with Crippen LogP contribution in [0.3, 0.4) is 0 Å². The van der Waals surface area contributed by atoms with Gasteiger partial charge in [-0.2, -0.15) is 0 Å². The molecule has 0 bridgehead atoms. The van der Waals surface area contributed by atoms with Crippen molar-refractivity contribution in [2.24, 2.45) is 50.7 Å². The first-order valence-corrected chi connectivity index (χ1v) is 14.8. The maximum atomic E-state index is 14.5. The largest absolute Gasteiger partial charge is 0.523 e. The molecule has 8 atom stereocenters. The quantitative estimate of drug-likeness (QED) is 0.303. The Labute approximate surface area is 229 Å². The van der Waals surface area contributed by atoms with E-state index in [1.165, 1.54) is 12.7 Å². The molecule has 5 heteroatoms. The first-order valence-electron chi connectivity index (χ1n) is 14.8. The smallest absolute Gasteiger partial charge is 0.305 e. The second kappa shape index (κ2) is 8.70. The Bertz CT molecular complexity index is 1160. The van der Waals surface area contributed by atoms with Crippen LogP contribution < -0.4 is 0 Å². The van der Waals surface area contributed by atoms with Crippen LogP contribution in [0.1, 0.15) is 106 Å². The SMILES string of the molecule is [C-]#[N+]C1=C(O)[C@@H](C)[C@@H]2CC[C@]3(C)C(=CC(=O)[C@@H]4[C@@H]5CC(C)(C)CC[C@]5(CCC(=O)OC)CC[C@]43C)[C@@]2(C)C1. The second-order valence-corrected chi connectivity index (χ2v) is 15.1. The molecule has 5 aliphatic carbocycles. The van der Waals surface area contributed by atoms with Gasteiger partial charge in [-0.3, -0.25) is 9.59 Å². The van der Waals surface area contributed by atoms with Gasteiger partial charge in [0.15, 0.2) is 5.78 Å². The lowest BCUT2D eigenvalue weighted by Crippen LogP contribution is -2.64. The number of nitrogens with zero attached hydrogens (tertiary/aromatic N) is 1. The molecule has 0 aromatic rings. The van der Waals surface area contributed by atoms with Crippen molar-refractivity contribution in [3.63, 3.8) is 0 Å². The van der Waals surface area contributed by atoms with Gasteiger partial charge in [0.1, 0.15) is 0 Å². The van der Waals surface area contributed by atoms with Crippen LogP contribution in [0.2, 0.25) is 0 Å². The summed E-state index contributed by atoms with van der Waals surface area (Å²) < 4.78 is 5.03. The van der Waals surface area contributed by atoms with Crippen molar-refractivity contribution in [2.75, 3.05) is 7.11 Å². The van der Waals surface area contributed by atoms with Crippen LogP contribution in [-0.4, -0.2) is 24.0 Å². The van der Waals surface area contributed by atoms with Crippen LogP contribution in [-0.2, 0) is 14.3 Å². The molecule has 38 heavy (non-hydrogen) atoms. The zero-order valence-corrected chi connectivity index (χ0v) is 24.6. The van der Waals surface area contributed by atoms with Gasteiger partial charge in [-0.15, -0.1) is 0 Å². The molecule has 0 unspecified atom stereocenters. The van der Waals surface area contributed by atoms with E-state index in [9.17, 15) is 14.7 Å². The molecule has 0 aromatic heterocycles. The minimum atomic E-state index is -0.298. The van der Waals surface area contributed by atoms with Crippen LogP contribution >= 0.6 is 0 Å². The molecule has 0 aliphatic heterocycles. The van der Waals surface area contributed by atoms with Gasteiger partial charge in [0.05, 0.1) is 19.4 Å². The number of esters is 1. The predicted molar refractivity (Wildman–Crippen MR) is 148 cm³/mol. The maximum Gasteiger partial charge on any atom is 0.305 e. The lowest BCUT2D eigenvalue weighted by molar-refractivity contribution is -0.173. The molecule has 0 radical (unpaired) electrons. The highest BCUT2D eigenvalue weighted by Crippen LogP contribution is 2.74. The molecule has 5 nitrogen and oxygen atoms in total. The fourth-order valence-electron chi connectivity index (χ4n) is 10.5. The van der Waals surface area contributed by atoms with Crippen molar-refractivity contribution >= 4 is 11.8 Å². The van der Waals surface area contributed by atoms with Gasteiger partial charge in [-0.1, -0.05) is 47.1 Å². The van der Waals surface area contributed by atoms with Crippen molar-refractivity contribution in [3.8, 4) is 0 Å². The number of aliphatic hydroxyl groups excluding tert-OH is 1. The molecule has 0 heterocycles. The van der Waals surface area contributed by atoms with Crippen LogP contribution in [0.4, 0.5) is 0 Å². The van der Waals surface area contributed by atoms with Crippen LogP contribution in [0.5, 0.6) is 0 Å². The third-order valence-electron chi connectivity index (χ3n) is 13.0. The van der Waals surface area contributed by atoms with Crippen molar-refractivity contribution < 1.29 is 19.4 Å². The van der Waals surface area contributed by atoms with E-state index in [2.05, 4.69) is 46.4 Å². The lowest BCUT2D eigenvalue weighted by atomic mass is 9.34. The summed E-state index contributed by atoms with van der Waals surface area (Å²) in [6.45, 7) is 21.6. The van der Waals surface area contributed by atoms with Gasteiger partial charge < -0.3 is 9.84 Å². The third kappa shape index (κ3) is 3.61. The summed E-state index contributed by atoms with van der Waals surface area (Å²) in [5.41, 5.74) is 1.30. The van der Waals surface area contributed by atoms with E-state index in [4.69, 9.17) is 11.3 Å². The van der Waals surface area contributed by atoms with Crippen molar-refractivity contribution in [1.82, 2.24) is 0 Å². The predicted octanol–water partition coefficient (Wildman–Crippen LogP) is 7.83. The van der Waals surface area contributed by atoms with Crippen LogP contribution in [0, 0.1) is 57.3 Å². The van der Waals surface area contributed by atoms with Gasteiger partial charge in [0, 0.05) is 18.3 Å². The molecular weight excluding hydrogens is 474 g/mol. The fourth-order valence-corrected chi connectivity index (χ4v) is 10.5. The van der Waals surface area contributed by atoms with Gasteiger partial charge in [0.25, 0.3) is 0 Å². The molecule has 0 spiro atoms. The van der Waals surface area contributed by atoms with E-state index in [1.54, 1.807) is 0 Å². The zero-order valence-electron chi connectivity index (χ0n) is 24.6. The third-order valence-corrected chi connectivity index (χ3v) is 13.0. The number of hydrogen-bond acceptors (Lipinski definition) is 4. The number of methoxy groups -OCH3 is 1. The summed E-state index contributed by atoms with van der Waals surface area (Å²) in [6.07, 6.45) is 11.1. The Kier molecular flexibility index (Phi) is 6.29. The molecule has 5 aliphatic rings. The van der Waals surface area contributed by atoms with Gasteiger partial charge in [-0.25, -0.2) is 4.85 Å². The number of carbonyl (C=O) groups excluding carboxylic acids is 2. The number of allylic oxidation sites excluding steroid dienone is 4. The maximum absolute atomic E-state index is 14.5. The van der Waals surface area contributed by atoms with E-state index in [0.717, 1.165) is 51.4 Å². The van der Waals surface area contributed by atoms with Crippen molar-refractivity contribution in [2.45, 2.75) is 106 Å². The number of ether oxygens (including phenoxy) is 1. The van der Waals surface area contributed by atoms with Crippen molar-refractivity contribution in [3.05, 3.63) is 34.5 Å². The van der Waals surface area contributed by atoms with Crippen molar-refractivity contribution in [1.29, 1.82) is 0 Å². The summed E-state index contributed by atoms with van der Waals surface area (Å²) in [6, 6.07) is 0. The van der Waals surface area contributed by atoms with Crippen LogP contribution in [0.25, 0.3) is 4.85 Å². The topological polar surface area (TPSA) is 68.0 Å². The number of carbonyl (C=O) groups is 2. The fraction of sp³-hybridized carbons (Fsp3) is 0.788. The van der Waals surface area contributed by atoms with E-state index < -0.39 is 0 Å². The Balaban J connectivity index is 1.61. The lowest BCUT2D eigenvalue weighted by Gasteiger charge is -2.69. The Morgan fingerprint density at radius 1 is 1.11 bits per heavy atom. The van der Waals surface area contributed by atoms with Gasteiger partial charge >= 0.3 is 5.97 Å². The minimum Gasteiger partial charge on any atom is -0.523 e. The monoisotopic (exact) mass is 521 g/mol. The first kappa shape index (κ1) is 27.5. The van der Waals surface area contributed by atoms with Gasteiger partial charge in [-0.05, 0) is 103 Å². The summed E-state index contributed by atoms with van der Waals surface area (Å²) in [4.78, 5) is 30.4. The van der Waals surface area contributed by atoms with E-state index in [-0.39, 0.29) is 68.3 Å². The molecule has 0 amide bonds. The molecule has 0 aromatic carbocycles. The molecule has 3 saturated carbocycles. The number of fused-ring (bicyclic) bond motifs is 7. The minimum absolute atomic E-state index is 0.0114. The molecule has 208 valence electrons. The van der Waals surface area contributed by atoms with E-state index in [1.807, 2.05) is 6.08 Å². The second-order valence-electron chi connectivity index (χ2n) is 15.1. The number of ketones is 1. The Morgan fingerprint density at radius 3 is 2.45 bits per heavy atom. The average Bonchev–Trinajstić information content (AvgIpc) is 2.86. The molecule has 0 saturated heterocycles.